The smallest absolute Gasteiger partial charge is 0.0783 e. The van der Waals surface area contributed by atoms with Gasteiger partial charge in [0.05, 0.1) is 6.26 Å². The summed E-state index contributed by atoms with van der Waals surface area (Å²) in [5.41, 5.74) is 1.28. The largest absolute Gasteiger partial charge is 0.516 e. The average molecular weight is 124 g/mol. The van der Waals surface area contributed by atoms with Crippen molar-refractivity contribution in [3.05, 3.63) is 11.8 Å². The summed E-state index contributed by atoms with van der Waals surface area (Å²) in [6, 6.07) is 0. The molecule has 2 fully saturated rings. The lowest BCUT2D eigenvalue weighted by Gasteiger charge is -2.28. The zero-order valence-electron chi connectivity index (χ0n) is 5.51. The van der Waals surface area contributed by atoms with Gasteiger partial charge in [0.25, 0.3) is 0 Å². The van der Waals surface area contributed by atoms with E-state index in [4.69, 9.17) is 5.11 Å². The molecule has 0 unspecified atom stereocenters. The van der Waals surface area contributed by atoms with Gasteiger partial charge in [-0.1, -0.05) is 0 Å². The lowest BCUT2D eigenvalue weighted by molar-refractivity contribution is 0.219. The summed E-state index contributed by atoms with van der Waals surface area (Å²) in [5.74, 6) is 1.90. The summed E-state index contributed by atoms with van der Waals surface area (Å²) in [5, 5.41) is 8.67. The highest BCUT2D eigenvalue weighted by Gasteiger charge is 2.37. The van der Waals surface area contributed by atoms with Gasteiger partial charge in [-0.2, -0.15) is 0 Å². The lowest BCUT2D eigenvalue weighted by Crippen LogP contribution is -2.18. The van der Waals surface area contributed by atoms with Crippen molar-refractivity contribution in [3.63, 3.8) is 0 Å². The molecule has 2 saturated carbocycles. The van der Waals surface area contributed by atoms with Crippen LogP contribution in [0.25, 0.3) is 0 Å². The molecule has 9 heavy (non-hydrogen) atoms. The summed E-state index contributed by atoms with van der Waals surface area (Å²) in [4.78, 5) is 0. The third-order valence-corrected chi connectivity index (χ3v) is 2.81. The summed E-state index contributed by atoms with van der Waals surface area (Å²) >= 11 is 0. The number of aliphatic hydroxyl groups is 1. The molecule has 0 radical (unpaired) electrons. The fourth-order valence-corrected chi connectivity index (χ4v) is 2.04. The van der Waals surface area contributed by atoms with E-state index in [2.05, 4.69) is 0 Å². The maximum Gasteiger partial charge on any atom is 0.0783 e. The number of fused-ring (bicyclic) bond motifs is 1. The van der Waals surface area contributed by atoms with Crippen LogP contribution in [0.5, 0.6) is 0 Å². The summed E-state index contributed by atoms with van der Waals surface area (Å²) in [7, 11) is 0. The number of rotatable bonds is 0. The van der Waals surface area contributed by atoms with E-state index in [1.54, 1.807) is 0 Å². The molecule has 1 N–H and O–H groups in total. The minimum Gasteiger partial charge on any atom is -0.516 e. The molecule has 0 spiro atoms. The van der Waals surface area contributed by atoms with Crippen LogP contribution in [0.15, 0.2) is 11.8 Å². The normalized spacial score (nSPS) is 44.7. The van der Waals surface area contributed by atoms with Gasteiger partial charge in [-0.05, 0) is 43.1 Å². The van der Waals surface area contributed by atoms with Crippen LogP contribution in [-0.2, 0) is 0 Å². The van der Waals surface area contributed by atoms with Crippen LogP contribution in [0.1, 0.15) is 25.7 Å². The van der Waals surface area contributed by atoms with Gasteiger partial charge in [-0.15, -0.1) is 0 Å². The SMILES string of the molecule is OC=C1C[C@H]2CC[C@H]2C1. The van der Waals surface area contributed by atoms with Crippen LogP contribution in [0.2, 0.25) is 0 Å². The van der Waals surface area contributed by atoms with E-state index in [1.807, 2.05) is 0 Å². The molecule has 2 atom stereocenters. The first kappa shape index (κ1) is 5.33. The van der Waals surface area contributed by atoms with E-state index in [0.717, 1.165) is 11.8 Å². The first-order valence-electron chi connectivity index (χ1n) is 3.72. The maximum absolute atomic E-state index is 8.67. The maximum atomic E-state index is 8.67. The molecule has 50 valence electrons. The average Bonchev–Trinajstić information content (AvgIpc) is 2.10. The molecule has 0 aromatic carbocycles. The van der Waals surface area contributed by atoms with E-state index in [9.17, 15) is 0 Å². The molecule has 2 aliphatic rings. The quantitative estimate of drug-likeness (QED) is 0.491. The number of aliphatic hydroxyl groups excluding tert-OH is 1. The zero-order chi connectivity index (χ0) is 6.27. The topological polar surface area (TPSA) is 20.2 Å². The van der Waals surface area contributed by atoms with Gasteiger partial charge in [0.15, 0.2) is 0 Å². The van der Waals surface area contributed by atoms with Crippen molar-refractivity contribution in [3.8, 4) is 0 Å². The van der Waals surface area contributed by atoms with E-state index in [0.29, 0.717) is 0 Å². The standard InChI is InChI=1S/C8H12O/c9-5-6-3-7-1-2-8(7)4-6/h5,7-9H,1-4H2/t7-,8+. The molecule has 0 saturated heterocycles. The Balaban J connectivity index is 2.07. The fraction of sp³-hybridized carbons (Fsp3) is 0.750. The van der Waals surface area contributed by atoms with Crippen LogP contribution in [-0.4, -0.2) is 5.11 Å². The molecule has 1 heteroatoms. The van der Waals surface area contributed by atoms with Crippen molar-refractivity contribution in [2.45, 2.75) is 25.7 Å². The Hall–Kier alpha value is -0.460. The third kappa shape index (κ3) is 0.673. The Labute approximate surface area is 55.4 Å². The van der Waals surface area contributed by atoms with Gasteiger partial charge in [0.1, 0.15) is 0 Å². The van der Waals surface area contributed by atoms with E-state index in [-0.39, 0.29) is 0 Å². The zero-order valence-corrected chi connectivity index (χ0v) is 5.51. The minimum absolute atomic E-state index is 0.948. The second-order valence-corrected chi connectivity index (χ2v) is 3.29. The molecule has 0 amide bonds. The molecule has 2 aliphatic carbocycles. The van der Waals surface area contributed by atoms with E-state index < -0.39 is 0 Å². The van der Waals surface area contributed by atoms with Gasteiger partial charge in [-0.25, -0.2) is 0 Å². The Morgan fingerprint density at radius 2 is 1.78 bits per heavy atom. The Bertz CT molecular complexity index is 135. The third-order valence-electron chi connectivity index (χ3n) is 2.81. The predicted octanol–water partition coefficient (Wildman–Crippen LogP) is 2.25. The van der Waals surface area contributed by atoms with Gasteiger partial charge in [0.2, 0.25) is 0 Å². The highest BCUT2D eigenvalue weighted by Crippen LogP contribution is 2.48. The molecule has 2 rings (SSSR count). The van der Waals surface area contributed by atoms with Crippen LogP contribution in [0, 0.1) is 11.8 Å². The number of hydrogen-bond acceptors (Lipinski definition) is 1. The molecular weight excluding hydrogens is 112 g/mol. The summed E-state index contributed by atoms with van der Waals surface area (Å²) in [6.07, 6.45) is 6.49. The van der Waals surface area contributed by atoms with Crippen molar-refractivity contribution in [2.75, 3.05) is 0 Å². The summed E-state index contributed by atoms with van der Waals surface area (Å²) < 4.78 is 0. The van der Waals surface area contributed by atoms with Gasteiger partial charge < -0.3 is 5.11 Å². The Morgan fingerprint density at radius 3 is 2.11 bits per heavy atom. The van der Waals surface area contributed by atoms with Crippen LogP contribution >= 0.6 is 0 Å². The molecule has 0 aromatic heterocycles. The molecule has 0 aliphatic heterocycles. The van der Waals surface area contributed by atoms with Crippen molar-refractivity contribution in [1.29, 1.82) is 0 Å². The molecule has 0 heterocycles. The highest BCUT2D eigenvalue weighted by molar-refractivity contribution is 5.11. The van der Waals surface area contributed by atoms with Gasteiger partial charge in [-0.3, -0.25) is 0 Å². The van der Waals surface area contributed by atoms with Crippen LogP contribution in [0.3, 0.4) is 0 Å². The Morgan fingerprint density at radius 1 is 1.22 bits per heavy atom. The van der Waals surface area contributed by atoms with Crippen LogP contribution < -0.4 is 0 Å². The highest BCUT2D eigenvalue weighted by atomic mass is 16.2. The monoisotopic (exact) mass is 124 g/mol. The van der Waals surface area contributed by atoms with Crippen molar-refractivity contribution < 1.29 is 5.11 Å². The molecule has 0 aromatic rings. The first-order chi connectivity index (χ1) is 4.40. The van der Waals surface area contributed by atoms with Crippen molar-refractivity contribution in [1.82, 2.24) is 0 Å². The number of allylic oxidation sites excluding steroid dienone is 1. The molecule has 0 bridgehead atoms. The minimum atomic E-state index is 0.948. The number of hydrogen-bond donors (Lipinski definition) is 1. The van der Waals surface area contributed by atoms with Gasteiger partial charge >= 0.3 is 0 Å². The van der Waals surface area contributed by atoms with E-state index >= 15 is 0 Å². The van der Waals surface area contributed by atoms with Crippen molar-refractivity contribution >= 4 is 0 Å². The van der Waals surface area contributed by atoms with Gasteiger partial charge in [0, 0.05) is 0 Å². The first-order valence-corrected chi connectivity index (χ1v) is 3.72. The summed E-state index contributed by atoms with van der Waals surface area (Å²) in [6.45, 7) is 0. The molecular formula is C8H12O. The van der Waals surface area contributed by atoms with Crippen molar-refractivity contribution in [2.24, 2.45) is 11.8 Å². The van der Waals surface area contributed by atoms with Crippen LogP contribution in [0.4, 0.5) is 0 Å². The second-order valence-electron chi connectivity index (χ2n) is 3.29. The molecule has 1 nitrogen and oxygen atoms in total. The lowest BCUT2D eigenvalue weighted by atomic mass is 9.77. The fourth-order valence-electron chi connectivity index (χ4n) is 2.04. The Kier molecular flexibility index (Phi) is 1.04. The van der Waals surface area contributed by atoms with E-state index in [1.165, 1.54) is 37.5 Å². The predicted molar refractivity (Wildman–Crippen MR) is 36.2 cm³/mol. The second kappa shape index (κ2) is 1.76.